The molecule has 6 nitrogen and oxygen atoms in total. The van der Waals surface area contributed by atoms with Crippen molar-refractivity contribution in [1.82, 2.24) is 10.1 Å². The van der Waals surface area contributed by atoms with Crippen LogP contribution in [0.2, 0.25) is 0 Å². The van der Waals surface area contributed by atoms with Gasteiger partial charge < -0.3 is 14.7 Å². The van der Waals surface area contributed by atoms with Crippen molar-refractivity contribution in [2.45, 2.75) is 32.6 Å². The van der Waals surface area contributed by atoms with Crippen molar-refractivity contribution in [1.29, 1.82) is 0 Å². The number of fused-ring (bicyclic) bond motifs is 2. The van der Waals surface area contributed by atoms with Crippen LogP contribution in [0.4, 0.5) is 11.5 Å². The molecule has 2 aromatic carbocycles. The highest BCUT2D eigenvalue weighted by molar-refractivity contribution is 5.95. The standard InChI is InChI=1S/C24H28N4O2/c1-16-13-18(23-20(14-16)17(2)15-22(29)25-23)7-8-27-9-11-28(12-10-27)24-19-5-3-4-6-21(19)30-26-24/h3-6,13-14,17H,7-12,15H2,1-2H3,(H,25,29). The third-order valence-corrected chi connectivity index (χ3v) is 6.41. The lowest BCUT2D eigenvalue weighted by atomic mass is 9.88. The molecule has 3 heterocycles. The Kier molecular flexibility index (Phi) is 4.95. The number of hydrogen-bond donors (Lipinski definition) is 1. The van der Waals surface area contributed by atoms with Gasteiger partial charge in [0.05, 0.1) is 5.39 Å². The van der Waals surface area contributed by atoms with Crippen molar-refractivity contribution in [3.63, 3.8) is 0 Å². The Morgan fingerprint density at radius 1 is 1.17 bits per heavy atom. The number of nitrogens with zero attached hydrogens (tertiary/aromatic N) is 3. The van der Waals surface area contributed by atoms with Crippen LogP contribution in [0.15, 0.2) is 40.9 Å². The van der Waals surface area contributed by atoms with Gasteiger partial charge in [0.2, 0.25) is 5.91 Å². The van der Waals surface area contributed by atoms with Gasteiger partial charge in [-0.2, -0.15) is 0 Å². The predicted octanol–water partition coefficient (Wildman–Crippen LogP) is 3.95. The van der Waals surface area contributed by atoms with Gasteiger partial charge in [-0.3, -0.25) is 9.69 Å². The molecule has 0 radical (unpaired) electrons. The van der Waals surface area contributed by atoms with Crippen LogP contribution in [0.25, 0.3) is 11.0 Å². The lowest BCUT2D eigenvalue weighted by Crippen LogP contribution is -2.47. The molecule has 1 fully saturated rings. The van der Waals surface area contributed by atoms with E-state index in [1.807, 2.05) is 18.2 Å². The second-order valence-electron chi connectivity index (χ2n) is 8.62. The summed E-state index contributed by atoms with van der Waals surface area (Å²) in [6.07, 6.45) is 1.53. The molecule has 0 saturated carbocycles. The topological polar surface area (TPSA) is 61.6 Å². The van der Waals surface area contributed by atoms with Gasteiger partial charge in [-0.1, -0.05) is 41.9 Å². The van der Waals surface area contributed by atoms with Crippen LogP contribution in [-0.2, 0) is 11.2 Å². The molecule has 2 aliphatic heterocycles. The fourth-order valence-electron chi connectivity index (χ4n) is 4.77. The number of aromatic nitrogens is 1. The van der Waals surface area contributed by atoms with E-state index in [2.05, 4.69) is 52.3 Å². The summed E-state index contributed by atoms with van der Waals surface area (Å²) in [7, 11) is 0. The molecule has 1 N–H and O–H groups in total. The van der Waals surface area contributed by atoms with Gasteiger partial charge in [0.25, 0.3) is 0 Å². The second-order valence-corrected chi connectivity index (χ2v) is 8.62. The first-order valence-corrected chi connectivity index (χ1v) is 10.8. The van der Waals surface area contributed by atoms with E-state index in [1.54, 1.807) is 0 Å². The molecule has 156 valence electrons. The van der Waals surface area contributed by atoms with Crippen molar-refractivity contribution in [3.05, 3.63) is 53.1 Å². The third-order valence-electron chi connectivity index (χ3n) is 6.41. The quantitative estimate of drug-likeness (QED) is 0.714. The average molecular weight is 405 g/mol. The number of anilines is 2. The molecular weight excluding hydrogens is 376 g/mol. The summed E-state index contributed by atoms with van der Waals surface area (Å²) in [5.74, 6) is 1.37. The molecular formula is C24H28N4O2. The maximum atomic E-state index is 12.1. The van der Waals surface area contributed by atoms with E-state index in [0.717, 1.165) is 61.6 Å². The van der Waals surface area contributed by atoms with Crippen molar-refractivity contribution in [3.8, 4) is 0 Å². The minimum atomic E-state index is 0.133. The van der Waals surface area contributed by atoms with Gasteiger partial charge in [-0.25, -0.2) is 0 Å². The van der Waals surface area contributed by atoms with Crippen molar-refractivity contribution >= 4 is 28.4 Å². The van der Waals surface area contributed by atoms with Crippen LogP contribution in [0.5, 0.6) is 0 Å². The van der Waals surface area contributed by atoms with Crippen LogP contribution >= 0.6 is 0 Å². The Bertz CT molecular complexity index is 1080. The third kappa shape index (κ3) is 3.56. The molecule has 0 spiro atoms. The largest absolute Gasteiger partial charge is 0.354 e. The number of piperazine rings is 1. The van der Waals surface area contributed by atoms with Crippen LogP contribution in [0, 0.1) is 6.92 Å². The number of benzene rings is 2. The zero-order valence-electron chi connectivity index (χ0n) is 17.6. The number of rotatable bonds is 4. The van der Waals surface area contributed by atoms with E-state index >= 15 is 0 Å². The molecule has 1 aromatic heterocycles. The van der Waals surface area contributed by atoms with E-state index in [4.69, 9.17) is 4.52 Å². The van der Waals surface area contributed by atoms with E-state index in [1.165, 1.54) is 16.7 Å². The highest BCUT2D eigenvalue weighted by Gasteiger charge is 2.25. The molecule has 1 atom stereocenters. The Labute approximate surface area is 176 Å². The molecule has 6 heteroatoms. The van der Waals surface area contributed by atoms with Gasteiger partial charge >= 0.3 is 0 Å². The SMILES string of the molecule is Cc1cc(CCN2CCN(c3noc4ccccc34)CC2)c2c(c1)C(C)CC(=O)N2. The first kappa shape index (κ1) is 19.1. The van der Waals surface area contributed by atoms with Crippen LogP contribution in [0.3, 0.4) is 0 Å². The van der Waals surface area contributed by atoms with E-state index < -0.39 is 0 Å². The molecule has 0 bridgehead atoms. The maximum absolute atomic E-state index is 12.1. The lowest BCUT2D eigenvalue weighted by molar-refractivity contribution is -0.116. The number of nitrogens with one attached hydrogen (secondary N) is 1. The van der Waals surface area contributed by atoms with Gasteiger partial charge in [-0.15, -0.1) is 0 Å². The summed E-state index contributed by atoms with van der Waals surface area (Å²) in [4.78, 5) is 16.9. The van der Waals surface area contributed by atoms with Gasteiger partial charge in [0, 0.05) is 44.8 Å². The zero-order valence-corrected chi connectivity index (χ0v) is 17.6. The van der Waals surface area contributed by atoms with Gasteiger partial charge in [0.1, 0.15) is 0 Å². The highest BCUT2D eigenvalue weighted by atomic mass is 16.5. The summed E-state index contributed by atoms with van der Waals surface area (Å²) >= 11 is 0. The van der Waals surface area contributed by atoms with Crippen LogP contribution < -0.4 is 10.2 Å². The van der Waals surface area contributed by atoms with Gasteiger partial charge in [-0.05, 0) is 42.5 Å². The highest BCUT2D eigenvalue weighted by Crippen LogP contribution is 2.36. The summed E-state index contributed by atoms with van der Waals surface area (Å²) in [6, 6.07) is 12.5. The number of carbonyl (C=O) groups excluding carboxylic acids is 1. The minimum absolute atomic E-state index is 0.133. The molecule has 1 amide bonds. The molecule has 0 aliphatic carbocycles. The maximum Gasteiger partial charge on any atom is 0.224 e. The number of hydrogen-bond acceptors (Lipinski definition) is 5. The lowest BCUT2D eigenvalue weighted by Gasteiger charge is -2.35. The van der Waals surface area contributed by atoms with Crippen molar-refractivity contribution < 1.29 is 9.32 Å². The summed E-state index contributed by atoms with van der Waals surface area (Å²) in [6.45, 7) is 9.16. The normalized spacial score (nSPS) is 19.7. The van der Waals surface area contributed by atoms with Crippen molar-refractivity contribution in [2.75, 3.05) is 42.9 Å². The van der Waals surface area contributed by atoms with E-state index in [9.17, 15) is 4.79 Å². The average Bonchev–Trinajstić information content (AvgIpc) is 3.17. The Morgan fingerprint density at radius 2 is 1.97 bits per heavy atom. The monoisotopic (exact) mass is 404 g/mol. The fourth-order valence-corrected chi connectivity index (χ4v) is 4.77. The molecule has 5 rings (SSSR count). The van der Waals surface area contributed by atoms with Gasteiger partial charge in [0.15, 0.2) is 11.4 Å². The first-order chi connectivity index (χ1) is 14.6. The number of para-hydroxylation sites is 1. The Morgan fingerprint density at radius 3 is 2.80 bits per heavy atom. The summed E-state index contributed by atoms with van der Waals surface area (Å²) < 4.78 is 5.48. The molecule has 2 aliphatic rings. The second kappa shape index (κ2) is 7.76. The number of amides is 1. The fraction of sp³-hybridized carbons (Fsp3) is 0.417. The van der Waals surface area contributed by atoms with Crippen molar-refractivity contribution in [2.24, 2.45) is 0 Å². The zero-order chi connectivity index (χ0) is 20.7. The van der Waals surface area contributed by atoms with E-state index in [-0.39, 0.29) is 11.8 Å². The first-order valence-electron chi connectivity index (χ1n) is 10.8. The molecule has 1 saturated heterocycles. The van der Waals surface area contributed by atoms with Crippen LogP contribution in [-0.4, -0.2) is 48.7 Å². The number of aryl methyl sites for hydroxylation is 1. The predicted molar refractivity (Wildman–Crippen MR) is 119 cm³/mol. The smallest absolute Gasteiger partial charge is 0.224 e. The van der Waals surface area contributed by atoms with E-state index in [0.29, 0.717) is 6.42 Å². The summed E-state index contributed by atoms with van der Waals surface area (Å²) in [5.41, 5.74) is 5.71. The Balaban J connectivity index is 1.24. The molecule has 3 aromatic rings. The number of carbonyl (C=O) groups is 1. The minimum Gasteiger partial charge on any atom is -0.354 e. The molecule has 30 heavy (non-hydrogen) atoms. The molecule has 1 unspecified atom stereocenters. The Hall–Kier alpha value is -2.86. The summed E-state index contributed by atoms with van der Waals surface area (Å²) in [5, 5.41) is 8.52. The van der Waals surface area contributed by atoms with Crippen LogP contribution in [0.1, 0.15) is 36.0 Å².